The lowest BCUT2D eigenvalue weighted by Gasteiger charge is -2.00. The molecule has 2 heterocycles. The second kappa shape index (κ2) is 3.73. The normalized spacial score (nSPS) is 10.5. The Balaban J connectivity index is 2.61. The van der Waals surface area contributed by atoms with Gasteiger partial charge in [0.2, 0.25) is 0 Å². The molecule has 0 radical (unpaired) electrons. The molecule has 0 aliphatic carbocycles. The average molecular weight is 202 g/mol. The van der Waals surface area contributed by atoms with Crippen LogP contribution in [0.15, 0.2) is 24.4 Å². The van der Waals surface area contributed by atoms with Crippen LogP contribution in [0.25, 0.3) is 11.3 Å². The number of aromatic nitrogens is 3. The van der Waals surface area contributed by atoms with E-state index in [1.54, 1.807) is 10.9 Å². The van der Waals surface area contributed by atoms with Crippen LogP contribution in [0.5, 0.6) is 0 Å². The lowest BCUT2D eigenvalue weighted by Crippen LogP contribution is -1.98. The summed E-state index contributed by atoms with van der Waals surface area (Å²) in [7, 11) is 1.85. The van der Waals surface area contributed by atoms with Crippen molar-refractivity contribution in [2.75, 3.05) is 5.73 Å². The Hall–Kier alpha value is -1.84. The summed E-state index contributed by atoms with van der Waals surface area (Å²) >= 11 is 0. The zero-order valence-electron chi connectivity index (χ0n) is 8.94. The Morgan fingerprint density at radius 1 is 1.40 bits per heavy atom. The molecular formula is C11H14N4. The van der Waals surface area contributed by atoms with Gasteiger partial charge < -0.3 is 5.73 Å². The third-order valence-corrected chi connectivity index (χ3v) is 2.42. The molecule has 2 rings (SSSR count). The minimum Gasteiger partial charge on any atom is -0.383 e. The molecule has 4 nitrogen and oxygen atoms in total. The van der Waals surface area contributed by atoms with Crippen LogP contribution in [0.1, 0.15) is 12.6 Å². The van der Waals surface area contributed by atoms with E-state index in [0.717, 1.165) is 23.4 Å². The SMILES string of the molecule is CCc1nn(C)c(N)c1-c1ccccn1. The number of hydrogen-bond acceptors (Lipinski definition) is 3. The number of rotatable bonds is 2. The number of anilines is 1. The van der Waals surface area contributed by atoms with Gasteiger partial charge in [0.05, 0.1) is 17.0 Å². The third-order valence-electron chi connectivity index (χ3n) is 2.42. The number of nitrogens with two attached hydrogens (primary N) is 1. The monoisotopic (exact) mass is 202 g/mol. The van der Waals surface area contributed by atoms with Crippen LogP contribution in [0.3, 0.4) is 0 Å². The number of nitrogens with zero attached hydrogens (tertiary/aromatic N) is 3. The number of nitrogen functional groups attached to an aromatic ring is 1. The average Bonchev–Trinajstić information content (AvgIpc) is 2.56. The van der Waals surface area contributed by atoms with Crippen molar-refractivity contribution < 1.29 is 0 Å². The van der Waals surface area contributed by atoms with Gasteiger partial charge in [-0.25, -0.2) is 0 Å². The summed E-state index contributed by atoms with van der Waals surface area (Å²) in [5.74, 6) is 0.672. The van der Waals surface area contributed by atoms with Crippen LogP contribution in [-0.2, 0) is 13.5 Å². The van der Waals surface area contributed by atoms with Crippen LogP contribution < -0.4 is 5.73 Å². The van der Waals surface area contributed by atoms with Crippen molar-refractivity contribution in [1.82, 2.24) is 14.8 Å². The summed E-state index contributed by atoms with van der Waals surface area (Å²) in [4.78, 5) is 4.30. The minimum atomic E-state index is 0.672. The van der Waals surface area contributed by atoms with E-state index in [1.165, 1.54) is 0 Å². The van der Waals surface area contributed by atoms with Gasteiger partial charge in [0.1, 0.15) is 5.82 Å². The molecule has 0 saturated heterocycles. The first-order chi connectivity index (χ1) is 7.24. The Kier molecular flexibility index (Phi) is 2.41. The molecule has 2 N–H and O–H groups in total. The van der Waals surface area contributed by atoms with Gasteiger partial charge in [-0.05, 0) is 18.6 Å². The van der Waals surface area contributed by atoms with E-state index in [0.29, 0.717) is 5.82 Å². The van der Waals surface area contributed by atoms with E-state index < -0.39 is 0 Å². The maximum Gasteiger partial charge on any atom is 0.131 e. The molecule has 0 amide bonds. The quantitative estimate of drug-likeness (QED) is 0.805. The molecule has 0 fully saturated rings. The van der Waals surface area contributed by atoms with Gasteiger partial charge in [-0.1, -0.05) is 13.0 Å². The smallest absolute Gasteiger partial charge is 0.131 e. The highest BCUT2D eigenvalue weighted by Crippen LogP contribution is 2.27. The predicted molar refractivity (Wildman–Crippen MR) is 60.2 cm³/mol. The molecular weight excluding hydrogens is 188 g/mol. The fraction of sp³-hybridized carbons (Fsp3) is 0.273. The number of pyridine rings is 1. The summed E-state index contributed by atoms with van der Waals surface area (Å²) in [6.07, 6.45) is 2.62. The van der Waals surface area contributed by atoms with Gasteiger partial charge in [0.15, 0.2) is 0 Å². The Labute approximate surface area is 88.8 Å². The third kappa shape index (κ3) is 1.58. The van der Waals surface area contributed by atoms with Crippen LogP contribution in [-0.4, -0.2) is 14.8 Å². The Morgan fingerprint density at radius 2 is 2.20 bits per heavy atom. The summed E-state index contributed by atoms with van der Waals surface area (Å²) in [6.45, 7) is 2.06. The second-order valence-corrected chi connectivity index (χ2v) is 3.40. The lowest BCUT2D eigenvalue weighted by atomic mass is 10.1. The van der Waals surface area contributed by atoms with Gasteiger partial charge in [-0.15, -0.1) is 0 Å². The van der Waals surface area contributed by atoms with E-state index in [-0.39, 0.29) is 0 Å². The highest BCUT2D eigenvalue weighted by molar-refractivity contribution is 5.73. The van der Waals surface area contributed by atoms with Gasteiger partial charge in [0, 0.05) is 13.2 Å². The first-order valence-electron chi connectivity index (χ1n) is 4.96. The minimum absolute atomic E-state index is 0.672. The van der Waals surface area contributed by atoms with Gasteiger partial charge >= 0.3 is 0 Å². The maximum atomic E-state index is 5.97. The fourth-order valence-electron chi connectivity index (χ4n) is 1.63. The molecule has 15 heavy (non-hydrogen) atoms. The maximum absolute atomic E-state index is 5.97. The molecule has 0 aliphatic rings. The zero-order chi connectivity index (χ0) is 10.8. The molecule has 78 valence electrons. The largest absolute Gasteiger partial charge is 0.383 e. The van der Waals surface area contributed by atoms with Crippen molar-refractivity contribution in [3.63, 3.8) is 0 Å². The van der Waals surface area contributed by atoms with Crippen molar-refractivity contribution in [3.8, 4) is 11.3 Å². The molecule has 0 spiro atoms. The van der Waals surface area contributed by atoms with Gasteiger partial charge in [-0.3, -0.25) is 9.67 Å². The Morgan fingerprint density at radius 3 is 2.80 bits per heavy atom. The van der Waals surface area contributed by atoms with Crippen LogP contribution in [0.2, 0.25) is 0 Å². The first-order valence-corrected chi connectivity index (χ1v) is 4.96. The van der Waals surface area contributed by atoms with Crippen LogP contribution >= 0.6 is 0 Å². The van der Waals surface area contributed by atoms with E-state index in [2.05, 4.69) is 17.0 Å². The summed E-state index contributed by atoms with van der Waals surface area (Å²) < 4.78 is 1.70. The van der Waals surface area contributed by atoms with Crippen molar-refractivity contribution in [2.24, 2.45) is 7.05 Å². The van der Waals surface area contributed by atoms with E-state index in [4.69, 9.17) is 5.73 Å². The van der Waals surface area contributed by atoms with Gasteiger partial charge in [-0.2, -0.15) is 5.10 Å². The lowest BCUT2D eigenvalue weighted by molar-refractivity contribution is 0.755. The zero-order valence-corrected chi connectivity index (χ0v) is 8.94. The van der Waals surface area contributed by atoms with Crippen molar-refractivity contribution >= 4 is 5.82 Å². The number of aryl methyl sites for hydroxylation is 2. The molecule has 0 aromatic carbocycles. The molecule has 0 aliphatic heterocycles. The molecule has 0 saturated carbocycles. The van der Waals surface area contributed by atoms with Crippen LogP contribution in [0, 0.1) is 0 Å². The van der Waals surface area contributed by atoms with Crippen LogP contribution in [0.4, 0.5) is 5.82 Å². The van der Waals surface area contributed by atoms with E-state index >= 15 is 0 Å². The summed E-state index contributed by atoms with van der Waals surface area (Å²) in [5.41, 5.74) is 8.81. The highest BCUT2D eigenvalue weighted by Gasteiger charge is 2.14. The molecule has 0 atom stereocenters. The summed E-state index contributed by atoms with van der Waals surface area (Å²) in [5, 5.41) is 4.36. The topological polar surface area (TPSA) is 56.7 Å². The highest BCUT2D eigenvalue weighted by atomic mass is 15.3. The Bertz CT molecular complexity index is 459. The van der Waals surface area contributed by atoms with Gasteiger partial charge in [0.25, 0.3) is 0 Å². The second-order valence-electron chi connectivity index (χ2n) is 3.40. The molecule has 2 aromatic rings. The van der Waals surface area contributed by atoms with E-state index in [1.807, 2.05) is 25.2 Å². The molecule has 0 unspecified atom stereocenters. The fourth-order valence-corrected chi connectivity index (χ4v) is 1.63. The standard InChI is InChI=1S/C11H14N4/c1-3-8-10(11(12)15(2)14-8)9-6-4-5-7-13-9/h4-7H,3,12H2,1-2H3. The van der Waals surface area contributed by atoms with Crippen molar-refractivity contribution in [1.29, 1.82) is 0 Å². The number of hydrogen-bond donors (Lipinski definition) is 1. The molecule has 4 heteroatoms. The van der Waals surface area contributed by atoms with Crippen molar-refractivity contribution in [2.45, 2.75) is 13.3 Å². The molecule has 2 aromatic heterocycles. The van der Waals surface area contributed by atoms with Crippen molar-refractivity contribution in [3.05, 3.63) is 30.1 Å². The predicted octanol–water partition coefficient (Wildman–Crippen LogP) is 1.63. The molecule has 0 bridgehead atoms. The van der Waals surface area contributed by atoms with E-state index in [9.17, 15) is 0 Å². The first kappa shape index (κ1) is 9.71. The summed E-state index contributed by atoms with van der Waals surface area (Å²) in [6, 6.07) is 5.79.